The molecule has 202 valence electrons. The van der Waals surface area contributed by atoms with Crippen molar-refractivity contribution < 1.29 is 27.9 Å². The Bertz CT molecular complexity index is 1280. The van der Waals surface area contributed by atoms with E-state index in [0.29, 0.717) is 12.0 Å². The largest absolute Gasteiger partial charge is 0.508 e. The molecule has 3 aromatic carbocycles. The van der Waals surface area contributed by atoms with Crippen molar-refractivity contribution in [3.8, 4) is 11.5 Å². The highest BCUT2D eigenvalue weighted by molar-refractivity contribution is 7.86. The van der Waals surface area contributed by atoms with Crippen LogP contribution in [0, 0.1) is 0 Å². The van der Waals surface area contributed by atoms with Crippen LogP contribution in [0.3, 0.4) is 0 Å². The highest BCUT2D eigenvalue weighted by Crippen LogP contribution is 2.36. The van der Waals surface area contributed by atoms with Crippen molar-refractivity contribution in [2.45, 2.75) is 49.1 Å². The van der Waals surface area contributed by atoms with Crippen molar-refractivity contribution in [2.24, 2.45) is 0 Å². The first kappa shape index (κ1) is 27.9. The minimum atomic E-state index is -4.27. The van der Waals surface area contributed by atoms with E-state index in [0.717, 1.165) is 42.8 Å². The Morgan fingerprint density at radius 3 is 2.24 bits per heavy atom. The van der Waals surface area contributed by atoms with Gasteiger partial charge < -0.3 is 20.3 Å². The summed E-state index contributed by atoms with van der Waals surface area (Å²) in [7, 11) is -4.27. The summed E-state index contributed by atoms with van der Waals surface area (Å²) in [5, 5.41) is 22.1. The fraction of sp³-hybridized carbons (Fsp3) is 0.333. The Kier molecular flexibility index (Phi) is 9.22. The van der Waals surface area contributed by atoms with E-state index in [9.17, 15) is 23.2 Å². The summed E-state index contributed by atoms with van der Waals surface area (Å²) < 4.78 is 40.3. The number of nitrogens with one attached hydrogen (secondary N) is 1. The summed E-state index contributed by atoms with van der Waals surface area (Å²) in [5.74, 6) is 0.856. The second-order valence-corrected chi connectivity index (χ2v) is 11.4. The Morgan fingerprint density at radius 2 is 1.61 bits per heavy atom. The maximum absolute atomic E-state index is 12.0. The van der Waals surface area contributed by atoms with Gasteiger partial charge in [-0.3, -0.25) is 4.55 Å². The number of aliphatic hydroxyl groups is 1. The van der Waals surface area contributed by atoms with Crippen LogP contribution in [-0.2, 0) is 22.1 Å². The molecule has 7 nitrogen and oxygen atoms in total. The van der Waals surface area contributed by atoms with Gasteiger partial charge >= 0.3 is 0 Å². The molecule has 0 aliphatic carbocycles. The van der Waals surface area contributed by atoms with E-state index in [1.54, 1.807) is 18.2 Å². The Balaban J connectivity index is 1.36. The van der Waals surface area contributed by atoms with Crippen molar-refractivity contribution in [2.75, 3.05) is 13.1 Å². The predicted molar refractivity (Wildman–Crippen MR) is 148 cm³/mol. The average Bonchev–Trinajstić information content (AvgIpc) is 2.92. The molecule has 4 N–H and O–H groups in total. The van der Waals surface area contributed by atoms with Gasteiger partial charge in [0, 0.05) is 12.8 Å². The molecular formula is C30H35NO6S. The number of aliphatic hydroxyl groups excluding tert-OH is 1. The van der Waals surface area contributed by atoms with Crippen molar-refractivity contribution in [1.29, 1.82) is 0 Å². The Labute approximate surface area is 224 Å². The third-order valence-corrected chi connectivity index (χ3v) is 8.35. The molecule has 0 bridgehead atoms. The van der Waals surface area contributed by atoms with Gasteiger partial charge in [-0.15, -0.1) is 0 Å². The summed E-state index contributed by atoms with van der Waals surface area (Å²) in [5.41, 5.74) is 2.29. The van der Waals surface area contributed by atoms with Crippen LogP contribution in [0.2, 0.25) is 0 Å². The normalized spacial score (nSPS) is 17.2. The van der Waals surface area contributed by atoms with E-state index < -0.39 is 21.5 Å². The molecule has 0 spiro atoms. The molecule has 0 saturated carbocycles. The molecule has 1 aliphatic rings. The van der Waals surface area contributed by atoms with Crippen LogP contribution >= 0.6 is 0 Å². The first-order chi connectivity index (χ1) is 18.2. The fourth-order valence-electron chi connectivity index (χ4n) is 4.83. The number of hydrogen-bond acceptors (Lipinski definition) is 6. The summed E-state index contributed by atoms with van der Waals surface area (Å²) in [6.45, 7) is 1.76. The fourth-order valence-corrected chi connectivity index (χ4v) is 5.60. The lowest BCUT2D eigenvalue weighted by Gasteiger charge is -2.38. The molecule has 0 amide bonds. The van der Waals surface area contributed by atoms with Crippen LogP contribution < -0.4 is 10.1 Å². The van der Waals surface area contributed by atoms with Crippen LogP contribution in [0.25, 0.3) is 0 Å². The van der Waals surface area contributed by atoms with Gasteiger partial charge in [-0.25, -0.2) is 0 Å². The third kappa shape index (κ3) is 7.45. The molecule has 0 aromatic heterocycles. The van der Waals surface area contributed by atoms with E-state index in [1.807, 2.05) is 42.5 Å². The van der Waals surface area contributed by atoms with Crippen LogP contribution in [0.4, 0.5) is 0 Å². The highest BCUT2D eigenvalue weighted by atomic mass is 32.2. The van der Waals surface area contributed by atoms with Gasteiger partial charge in [-0.1, -0.05) is 66.7 Å². The summed E-state index contributed by atoms with van der Waals surface area (Å²) in [6.07, 6.45) is 4.61. The lowest BCUT2D eigenvalue weighted by molar-refractivity contribution is 0.0332. The molecule has 1 saturated heterocycles. The summed E-state index contributed by atoms with van der Waals surface area (Å²) >= 11 is 0. The number of phenolic OH excluding ortho intramolecular Hbond substituents is 1. The van der Waals surface area contributed by atoms with Crippen LogP contribution in [-0.4, -0.2) is 41.5 Å². The number of phenols is 1. The number of aryl methyl sites for hydroxylation is 1. The molecule has 0 radical (unpaired) electrons. The van der Waals surface area contributed by atoms with E-state index >= 15 is 0 Å². The summed E-state index contributed by atoms with van der Waals surface area (Å²) in [4.78, 5) is 0. The number of aromatic hydroxyl groups is 1. The minimum absolute atomic E-state index is 0.0722. The molecule has 1 heterocycles. The molecule has 8 heteroatoms. The van der Waals surface area contributed by atoms with Crippen molar-refractivity contribution in [3.05, 3.63) is 108 Å². The minimum Gasteiger partial charge on any atom is -0.508 e. The van der Waals surface area contributed by atoms with Gasteiger partial charge in [-0.05, 0) is 73.3 Å². The van der Waals surface area contributed by atoms with Gasteiger partial charge in [-0.2, -0.15) is 8.42 Å². The van der Waals surface area contributed by atoms with Crippen LogP contribution in [0.15, 0.2) is 91.0 Å². The van der Waals surface area contributed by atoms with Crippen molar-refractivity contribution >= 4 is 10.1 Å². The number of hydrogen-bond donors (Lipinski definition) is 4. The average molecular weight is 538 g/mol. The number of allylic oxidation sites excluding steroid dienone is 1. The third-order valence-electron chi connectivity index (χ3n) is 7.08. The molecule has 0 unspecified atom stereocenters. The number of benzene rings is 3. The van der Waals surface area contributed by atoms with Gasteiger partial charge in [0.15, 0.2) is 0 Å². The molecule has 1 fully saturated rings. The second-order valence-electron chi connectivity index (χ2n) is 9.73. The zero-order valence-corrected chi connectivity index (χ0v) is 22.1. The van der Waals surface area contributed by atoms with Crippen LogP contribution in [0.1, 0.15) is 48.5 Å². The van der Waals surface area contributed by atoms with E-state index in [4.69, 9.17) is 4.74 Å². The zero-order valence-electron chi connectivity index (χ0n) is 21.2. The van der Waals surface area contributed by atoms with Gasteiger partial charge in [0.05, 0.1) is 11.4 Å². The lowest BCUT2D eigenvalue weighted by atomic mass is 9.84. The molecule has 3 aromatic rings. The van der Waals surface area contributed by atoms with E-state index in [1.165, 1.54) is 18.2 Å². The Hall–Kier alpha value is -3.17. The van der Waals surface area contributed by atoms with Gasteiger partial charge in [0.1, 0.15) is 17.1 Å². The maximum Gasteiger partial charge on any atom is 0.268 e. The molecule has 1 aliphatic heterocycles. The first-order valence-electron chi connectivity index (χ1n) is 12.9. The smallest absolute Gasteiger partial charge is 0.268 e. The van der Waals surface area contributed by atoms with Crippen molar-refractivity contribution in [3.63, 3.8) is 0 Å². The molecule has 38 heavy (non-hydrogen) atoms. The lowest BCUT2D eigenvalue weighted by Crippen LogP contribution is -2.44. The molecular weight excluding hydrogens is 502 g/mol. The highest BCUT2D eigenvalue weighted by Gasteiger charge is 2.36. The summed E-state index contributed by atoms with van der Waals surface area (Å²) in [6, 6.07) is 24.1. The van der Waals surface area contributed by atoms with Gasteiger partial charge in [0.2, 0.25) is 0 Å². The SMILES string of the molecule is O=S(=O)(O)[C@@H](CC=C[C@@H](O)c1ccc(O)cc1)CCc1ccc(OC2(c3ccccc3)CCNCC2)cc1. The molecule has 4 rings (SSSR count). The van der Waals surface area contributed by atoms with E-state index in [2.05, 4.69) is 17.4 Å². The quantitative estimate of drug-likeness (QED) is 0.203. The second kappa shape index (κ2) is 12.6. The molecule has 2 atom stereocenters. The number of rotatable bonds is 11. The van der Waals surface area contributed by atoms with Crippen LogP contribution in [0.5, 0.6) is 11.5 Å². The predicted octanol–water partition coefficient (Wildman–Crippen LogP) is 4.92. The first-order valence-corrected chi connectivity index (χ1v) is 14.4. The van der Waals surface area contributed by atoms with Crippen molar-refractivity contribution in [1.82, 2.24) is 5.32 Å². The number of piperidine rings is 1. The Morgan fingerprint density at radius 1 is 0.947 bits per heavy atom. The zero-order chi connectivity index (χ0) is 27.0. The van der Waals surface area contributed by atoms with Gasteiger partial charge in [0.25, 0.3) is 10.1 Å². The van der Waals surface area contributed by atoms with E-state index in [-0.39, 0.29) is 24.2 Å². The standard InChI is InChI=1S/C30H35NO6S/c32-26-14-12-24(13-15-26)29(33)8-4-7-28(38(34,35)36)18-11-23-9-16-27(17-10-23)37-30(19-21-31-22-20-30)25-5-2-1-3-6-25/h1-6,8-10,12-17,28-29,31-33H,7,11,18-22H2,(H,34,35,36)/t28-,29+/m0/s1. The maximum atomic E-state index is 12.0. The monoisotopic (exact) mass is 537 g/mol. The topological polar surface area (TPSA) is 116 Å². The number of ether oxygens (including phenoxy) is 1.